The van der Waals surface area contributed by atoms with E-state index in [1.54, 1.807) is 12.0 Å². The molecular weight excluding hydrogens is 408 g/mol. The van der Waals surface area contributed by atoms with Crippen LogP contribution in [0.5, 0.6) is 5.75 Å². The van der Waals surface area contributed by atoms with Crippen molar-refractivity contribution in [1.29, 1.82) is 0 Å². The first-order chi connectivity index (χ1) is 15.5. The molecule has 2 saturated heterocycles. The van der Waals surface area contributed by atoms with E-state index in [0.29, 0.717) is 49.9 Å². The number of fused-ring (bicyclic) bond motifs is 1. The van der Waals surface area contributed by atoms with Gasteiger partial charge >= 0.3 is 6.09 Å². The number of benzene rings is 2. The molecule has 0 aliphatic carbocycles. The summed E-state index contributed by atoms with van der Waals surface area (Å²) in [4.78, 5) is 23.4. The average Bonchev–Trinajstić information content (AvgIpc) is 3.11. The molecule has 3 heterocycles. The molecule has 5 rings (SSSR count). The summed E-state index contributed by atoms with van der Waals surface area (Å²) < 4.78 is 16.9. The van der Waals surface area contributed by atoms with Gasteiger partial charge in [-0.05, 0) is 37.1 Å². The van der Waals surface area contributed by atoms with Crippen LogP contribution in [0.2, 0.25) is 0 Å². The van der Waals surface area contributed by atoms with Crippen LogP contribution < -0.4 is 15.0 Å². The maximum Gasteiger partial charge on any atom is 0.415 e. The van der Waals surface area contributed by atoms with Crippen molar-refractivity contribution in [3.05, 3.63) is 47.8 Å². The number of methoxy groups -OCH3 is 1. The van der Waals surface area contributed by atoms with E-state index in [4.69, 9.17) is 14.2 Å². The van der Waals surface area contributed by atoms with Gasteiger partial charge in [0.25, 0.3) is 0 Å². The largest absolute Gasteiger partial charge is 0.494 e. The first-order valence-electron chi connectivity index (χ1n) is 10.7. The molecule has 2 aliphatic heterocycles. The Morgan fingerprint density at radius 3 is 2.75 bits per heavy atom. The molecule has 0 radical (unpaired) electrons. The zero-order valence-corrected chi connectivity index (χ0v) is 18.5. The summed E-state index contributed by atoms with van der Waals surface area (Å²) in [6.45, 7) is 5.79. The van der Waals surface area contributed by atoms with Gasteiger partial charge in [0.05, 0.1) is 38.1 Å². The van der Waals surface area contributed by atoms with Crippen LogP contribution in [0.4, 0.5) is 22.0 Å². The van der Waals surface area contributed by atoms with Crippen molar-refractivity contribution in [2.45, 2.75) is 32.3 Å². The Bertz CT molecular complexity index is 1190. The fourth-order valence-corrected chi connectivity index (χ4v) is 4.37. The summed E-state index contributed by atoms with van der Waals surface area (Å²) in [6.07, 6.45) is 2.53. The van der Waals surface area contributed by atoms with Gasteiger partial charge in [-0.3, -0.25) is 4.90 Å². The number of aryl methyl sites for hydroxylation is 1. The molecule has 1 spiro atoms. The molecular formula is C24H26N4O4. The maximum atomic E-state index is 12.9. The molecule has 2 aromatic carbocycles. The monoisotopic (exact) mass is 434 g/mol. The number of nitrogens with one attached hydrogen (secondary N) is 1. The third-order valence-electron chi connectivity index (χ3n) is 6.46. The molecule has 166 valence electrons. The zero-order valence-electron chi connectivity index (χ0n) is 18.5. The van der Waals surface area contributed by atoms with E-state index in [2.05, 4.69) is 35.2 Å². The van der Waals surface area contributed by atoms with Crippen molar-refractivity contribution < 1.29 is 19.0 Å². The molecule has 32 heavy (non-hydrogen) atoms. The van der Waals surface area contributed by atoms with E-state index in [1.165, 1.54) is 11.9 Å². The second-order valence-electron chi connectivity index (χ2n) is 8.39. The molecule has 1 N–H and O–H groups in total. The summed E-state index contributed by atoms with van der Waals surface area (Å²) in [6, 6.07) is 9.85. The van der Waals surface area contributed by atoms with Gasteiger partial charge in [0.1, 0.15) is 23.5 Å². The van der Waals surface area contributed by atoms with Gasteiger partial charge in [0, 0.05) is 30.0 Å². The molecule has 8 nitrogen and oxygen atoms in total. The van der Waals surface area contributed by atoms with Crippen molar-refractivity contribution in [2.75, 3.05) is 37.1 Å². The normalized spacial score (nSPS) is 17.6. The lowest BCUT2D eigenvalue weighted by Gasteiger charge is -2.30. The number of nitrogens with zero attached hydrogens (tertiary/aromatic N) is 3. The zero-order chi connectivity index (χ0) is 22.3. The summed E-state index contributed by atoms with van der Waals surface area (Å²) in [5, 5.41) is 4.23. The molecule has 0 atom stereocenters. The van der Waals surface area contributed by atoms with E-state index >= 15 is 0 Å². The highest BCUT2D eigenvalue weighted by molar-refractivity contribution is 6.00. The Balaban J connectivity index is 1.57. The minimum Gasteiger partial charge on any atom is -0.494 e. The predicted octanol–water partition coefficient (Wildman–Crippen LogP) is 4.50. The Hall–Kier alpha value is -3.39. The van der Waals surface area contributed by atoms with Crippen LogP contribution in [0.25, 0.3) is 10.9 Å². The van der Waals surface area contributed by atoms with Crippen molar-refractivity contribution in [2.24, 2.45) is 0 Å². The van der Waals surface area contributed by atoms with E-state index in [0.717, 1.165) is 22.2 Å². The number of amides is 1. The van der Waals surface area contributed by atoms with E-state index in [1.807, 2.05) is 24.3 Å². The minimum atomic E-state index is -0.512. The van der Waals surface area contributed by atoms with Gasteiger partial charge in [-0.25, -0.2) is 14.8 Å². The molecule has 2 fully saturated rings. The van der Waals surface area contributed by atoms with Crippen LogP contribution in [-0.4, -0.2) is 48.5 Å². The molecule has 0 unspecified atom stereocenters. The van der Waals surface area contributed by atoms with Crippen LogP contribution in [0.15, 0.2) is 36.7 Å². The second kappa shape index (κ2) is 7.94. The van der Waals surface area contributed by atoms with E-state index in [-0.39, 0.29) is 6.09 Å². The van der Waals surface area contributed by atoms with Crippen LogP contribution in [0.1, 0.15) is 24.0 Å². The van der Waals surface area contributed by atoms with Gasteiger partial charge in [-0.15, -0.1) is 0 Å². The lowest BCUT2D eigenvalue weighted by Crippen LogP contribution is -2.40. The highest BCUT2D eigenvalue weighted by Gasteiger charge is 2.47. The smallest absolute Gasteiger partial charge is 0.415 e. The third-order valence-corrected chi connectivity index (χ3v) is 6.46. The minimum absolute atomic E-state index is 0.370. The van der Waals surface area contributed by atoms with Gasteiger partial charge < -0.3 is 19.5 Å². The second-order valence-corrected chi connectivity index (χ2v) is 8.39. The summed E-state index contributed by atoms with van der Waals surface area (Å²) in [7, 11) is 1.59. The van der Waals surface area contributed by atoms with E-state index < -0.39 is 5.60 Å². The van der Waals surface area contributed by atoms with Gasteiger partial charge in [-0.1, -0.05) is 12.1 Å². The molecule has 1 amide bonds. The predicted molar refractivity (Wildman–Crippen MR) is 122 cm³/mol. The maximum absolute atomic E-state index is 12.9. The summed E-state index contributed by atoms with van der Waals surface area (Å²) >= 11 is 0. The third kappa shape index (κ3) is 3.50. The number of carbonyl (C=O) groups is 1. The first kappa shape index (κ1) is 20.5. The molecule has 2 aliphatic rings. The summed E-state index contributed by atoms with van der Waals surface area (Å²) in [5.41, 5.74) is 4.18. The lowest BCUT2D eigenvalue weighted by molar-refractivity contribution is -0.0431. The first-order valence-corrected chi connectivity index (χ1v) is 10.7. The van der Waals surface area contributed by atoms with Crippen molar-refractivity contribution in [1.82, 2.24) is 9.97 Å². The van der Waals surface area contributed by atoms with Gasteiger partial charge in [-0.2, -0.15) is 0 Å². The van der Waals surface area contributed by atoms with Crippen LogP contribution in [-0.2, 0) is 9.47 Å². The summed E-state index contributed by atoms with van der Waals surface area (Å²) in [5.74, 6) is 1.23. The Morgan fingerprint density at radius 2 is 1.97 bits per heavy atom. The Morgan fingerprint density at radius 1 is 1.16 bits per heavy atom. The topological polar surface area (TPSA) is 85.8 Å². The van der Waals surface area contributed by atoms with Crippen molar-refractivity contribution in [3.63, 3.8) is 0 Å². The fourth-order valence-electron chi connectivity index (χ4n) is 4.37. The number of hydrogen-bond acceptors (Lipinski definition) is 7. The van der Waals surface area contributed by atoms with Crippen LogP contribution in [0, 0.1) is 13.8 Å². The number of hydrogen-bond donors (Lipinski definition) is 1. The van der Waals surface area contributed by atoms with Gasteiger partial charge in [0.2, 0.25) is 0 Å². The Labute approximate surface area is 186 Å². The molecule has 8 heteroatoms. The van der Waals surface area contributed by atoms with Gasteiger partial charge in [0.15, 0.2) is 0 Å². The molecule has 0 saturated carbocycles. The van der Waals surface area contributed by atoms with Crippen LogP contribution in [0.3, 0.4) is 0 Å². The number of rotatable bonds is 4. The molecule has 3 aromatic rings. The number of ether oxygens (including phenoxy) is 3. The van der Waals surface area contributed by atoms with Crippen molar-refractivity contribution >= 4 is 34.2 Å². The van der Waals surface area contributed by atoms with Crippen molar-refractivity contribution in [3.8, 4) is 5.75 Å². The van der Waals surface area contributed by atoms with Crippen LogP contribution >= 0.6 is 0 Å². The molecule has 0 bridgehead atoms. The SMILES string of the molecule is COc1cc2ncnc(Nc3cccc(C)c3C)c2cc1N1CC2(CCOCC2)OC1=O. The lowest BCUT2D eigenvalue weighted by atomic mass is 9.94. The van der Waals surface area contributed by atoms with E-state index in [9.17, 15) is 4.79 Å². The number of carbonyl (C=O) groups excluding carboxylic acids is 1. The number of anilines is 3. The Kier molecular flexibility index (Phi) is 5.09. The average molecular weight is 434 g/mol. The molecule has 1 aromatic heterocycles. The highest BCUT2D eigenvalue weighted by atomic mass is 16.6. The fraction of sp³-hybridized carbons (Fsp3) is 0.375. The quantitative estimate of drug-likeness (QED) is 0.647. The standard InChI is InChI=1S/C24H26N4O4/c1-15-5-4-6-18(16(15)2)27-22-17-11-20(21(30-3)12-19(17)25-14-26-22)28-13-24(32-23(28)29)7-9-31-10-8-24/h4-6,11-12,14H,7-10,13H2,1-3H3,(H,25,26,27). The number of aromatic nitrogens is 2. The highest BCUT2D eigenvalue weighted by Crippen LogP contribution is 2.41.